The van der Waals surface area contributed by atoms with Gasteiger partial charge < -0.3 is 5.11 Å². The second-order valence-electron chi connectivity index (χ2n) is 1.92. The van der Waals surface area contributed by atoms with Crippen molar-refractivity contribution < 1.29 is 5.11 Å². The van der Waals surface area contributed by atoms with Gasteiger partial charge in [-0.1, -0.05) is 40.3 Å². The molecule has 0 aliphatic heterocycles. The van der Waals surface area contributed by atoms with E-state index >= 15 is 0 Å². The molecule has 3 heteroatoms. The summed E-state index contributed by atoms with van der Waals surface area (Å²) in [5, 5.41) is 9.51. The first-order valence-electron chi connectivity index (χ1n) is 2.77. The fourth-order valence-electron chi connectivity index (χ4n) is 0.641. The van der Waals surface area contributed by atoms with Crippen LogP contribution in [0, 0.1) is 0 Å². The molecule has 1 rings (SSSR count). The zero-order valence-electron chi connectivity index (χ0n) is 5.14. The maximum atomic E-state index is 9.10. The molecule has 0 saturated heterocycles. The van der Waals surface area contributed by atoms with E-state index in [1.54, 1.807) is 12.1 Å². The summed E-state index contributed by atoms with van der Waals surface area (Å²) >= 11 is 7.81. The highest BCUT2D eigenvalue weighted by molar-refractivity contribution is 14.1. The number of rotatable bonds is 1. The predicted molar refractivity (Wildman–Crippen MR) is 50.8 cm³/mol. The summed E-state index contributed by atoms with van der Waals surface area (Å²) < 4.78 is 0.891. The van der Waals surface area contributed by atoms with Crippen molar-refractivity contribution in [1.82, 2.24) is 0 Å². The van der Waals surface area contributed by atoms with Gasteiger partial charge in [-0.25, -0.2) is 0 Å². The molecule has 0 bridgehead atoms. The highest BCUT2D eigenvalue weighted by atomic mass is 127. The standard InChI is InChI=1S/C7H6ClIO/c8-6-2-1-5(4-9)3-7(6)10/h1-3,10H,4H2. The molecule has 1 aromatic rings. The van der Waals surface area contributed by atoms with Crippen LogP contribution in [0.15, 0.2) is 18.2 Å². The second kappa shape index (κ2) is 3.44. The number of halogens is 2. The minimum atomic E-state index is 0.163. The van der Waals surface area contributed by atoms with E-state index in [2.05, 4.69) is 22.6 Å². The summed E-state index contributed by atoms with van der Waals surface area (Å²) in [4.78, 5) is 0. The van der Waals surface area contributed by atoms with E-state index in [9.17, 15) is 0 Å². The number of hydrogen-bond donors (Lipinski definition) is 1. The molecule has 1 nitrogen and oxygen atoms in total. The van der Waals surface area contributed by atoms with Crippen molar-refractivity contribution in [3.63, 3.8) is 0 Å². The van der Waals surface area contributed by atoms with Crippen LogP contribution < -0.4 is 0 Å². The van der Waals surface area contributed by atoms with E-state index in [1.165, 1.54) is 0 Å². The summed E-state index contributed by atoms with van der Waals surface area (Å²) in [5.41, 5.74) is 1.09. The lowest BCUT2D eigenvalue weighted by Gasteiger charge is -1.97. The molecular weight excluding hydrogens is 262 g/mol. The quantitative estimate of drug-likeness (QED) is 0.613. The van der Waals surface area contributed by atoms with Gasteiger partial charge in [0.15, 0.2) is 0 Å². The van der Waals surface area contributed by atoms with Crippen LogP contribution >= 0.6 is 34.2 Å². The van der Waals surface area contributed by atoms with Gasteiger partial charge in [0.05, 0.1) is 5.02 Å². The zero-order chi connectivity index (χ0) is 7.56. The Hall–Kier alpha value is 0.0400. The van der Waals surface area contributed by atoms with Gasteiger partial charge in [0.25, 0.3) is 0 Å². The molecule has 0 spiro atoms. The fourth-order valence-corrected chi connectivity index (χ4v) is 1.23. The van der Waals surface area contributed by atoms with Gasteiger partial charge in [0.1, 0.15) is 5.75 Å². The predicted octanol–water partition coefficient (Wildman–Crippen LogP) is 2.98. The first-order valence-corrected chi connectivity index (χ1v) is 4.67. The van der Waals surface area contributed by atoms with E-state index in [1.807, 2.05) is 6.07 Å². The molecule has 1 aromatic carbocycles. The fraction of sp³-hybridized carbons (Fsp3) is 0.143. The van der Waals surface area contributed by atoms with Crippen LogP contribution in [0.25, 0.3) is 0 Å². The molecule has 0 aliphatic rings. The molecule has 0 atom stereocenters. The molecule has 0 heterocycles. The number of phenols is 1. The van der Waals surface area contributed by atoms with Crippen LogP contribution in [-0.2, 0) is 4.43 Å². The van der Waals surface area contributed by atoms with E-state index < -0.39 is 0 Å². The van der Waals surface area contributed by atoms with Gasteiger partial charge in [0, 0.05) is 4.43 Å². The van der Waals surface area contributed by atoms with E-state index in [0.29, 0.717) is 5.02 Å². The third-order valence-corrected chi connectivity index (χ3v) is 2.37. The molecule has 54 valence electrons. The van der Waals surface area contributed by atoms with Crippen molar-refractivity contribution >= 4 is 34.2 Å². The Kier molecular flexibility index (Phi) is 2.80. The average Bonchev–Trinajstić information content (AvgIpc) is 1.95. The Morgan fingerprint density at radius 1 is 1.50 bits per heavy atom. The Bertz CT molecular complexity index is 237. The number of phenolic OH excluding ortho intramolecular Hbond substituents is 1. The first kappa shape index (κ1) is 8.14. The topological polar surface area (TPSA) is 20.2 Å². The van der Waals surface area contributed by atoms with Crippen molar-refractivity contribution in [2.75, 3.05) is 0 Å². The summed E-state index contributed by atoms with van der Waals surface area (Å²) in [6, 6.07) is 5.27. The molecule has 0 aromatic heterocycles. The van der Waals surface area contributed by atoms with Gasteiger partial charge in [-0.2, -0.15) is 0 Å². The van der Waals surface area contributed by atoms with Crippen molar-refractivity contribution in [3.05, 3.63) is 28.8 Å². The van der Waals surface area contributed by atoms with Crippen molar-refractivity contribution in [3.8, 4) is 5.75 Å². The van der Waals surface area contributed by atoms with Crippen LogP contribution in [0.4, 0.5) is 0 Å². The van der Waals surface area contributed by atoms with Crippen LogP contribution in [0.2, 0.25) is 5.02 Å². The largest absolute Gasteiger partial charge is 0.506 e. The van der Waals surface area contributed by atoms with Gasteiger partial charge in [0.2, 0.25) is 0 Å². The van der Waals surface area contributed by atoms with Gasteiger partial charge in [-0.15, -0.1) is 0 Å². The van der Waals surface area contributed by atoms with Gasteiger partial charge in [-0.3, -0.25) is 0 Å². The number of aromatic hydroxyl groups is 1. The van der Waals surface area contributed by atoms with E-state index in [4.69, 9.17) is 16.7 Å². The second-order valence-corrected chi connectivity index (χ2v) is 3.09. The molecule has 0 amide bonds. The lowest BCUT2D eigenvalue weighted by atomic mass is 10.2. The lowest BCUT2D eigenvalue weighted by Crippen LogP contribution is -1.75. The molecule has 0 saturated carbocycles. The summed E-state index contributed by atoms with van der Waals surface area (Å²) in [6.07, 6.45) is 0. The molecule has 0 aliphatic carbocycles. The van der Waals surface area contributed by atoms with Gasteiger partial charge >= 0.3 is 0 Å². The average molecular weight is 268 g/mol. The van der Waals surface area contributed by atoms with Crippen molar-refractivity contribution in [1.29, 1.82) is 0 Å². The third kappa shape index (κ3) is 1.76. The van der Waals surface area contributed by atoms with Crippen LogP contribution in [-0.4, -0.2) is 5.11 Å². The summed E-state index contributed by atoms with van der Waals surface area (Å²) in [6.45, 7) is 0. The molecule has 1 N–H and O–H groups in total. The molecular formula is C7H6ClIO. The van der Waals surface area contributed by atoms with E-state index in [0.717, 1.165) is 9.99 Å². The van der Waals surface area contributed by atoms with Gasteiger partial charge in [-0.05, 0) is 17.7 Å². The first-order chi connectivity index (χ1) is 4.74. The number of alkyl halides is 1. The number of benzene rings is 1. The Balaban J connectivity index is 3.04. The highest BCUT2D eigenvalue weighted by Crippen LogP contribution is 2.24. The van der Waals surface area contributed by atoms with Crippen molar-refractivity contribution in [2.45, 2.75) is 4.43 Å². The molecule has 10 heavy (non-hydrogen) atoms. The smallest absolute Gasteiger partial charge is 0.134 e. The maximum Gasteiger partial charge on any atom is 0.134 e. The highest BCUT2D eigenvalue weighted by Gasteiger charge is 1.97. The zero-order valence-corrected chi connectivity index (χ0v) is 8.06. The summed E-state index contributed by atoms with van der Waals surface area (Å²) in [5.74, 6) is 0.163. The lowest BCUT2D eigenvalue weighted by molar-refractivity contribution is 0.475. The summed E-state index contributed by atoms with van der Waals surface area (Å²) in [7, 11) is 0. The SMILES string of the molecule is Oc1cc(CI)ccc1Cl. The minimum Gasteiger partial charge on any atom is -0.506 e. The molecule has 0 unspecified atom stereocenters. The Labute approximate surface area is 78.2 Å². The normalized spacial score (nSPS) is 9.80. The minimum absolute atomic E-state index is 0.163. The van der Waals surface area contributed by atoms with Crippen molar-refractivity contribution in [2.24, 2.45) is 0 Å². The van der Waals surface area contributed by atoms with Crippen LogP contribution in [0.5, 0.6) is 5.75 Å². The molecule has 0 radical (unpaired) electrons. The Morgan fingerprint density at radius 2 is 2.20 bits per heavy atom. The third-order valence-electron chi connectivity index (χ3n) is 1.16. The van der Waals surface area contributed by atoms with Crippen LogP contribution in [0.3, 0.4) is 0 Å². The molecule has 0 fully saturated rings. The van der Waals surface area contributed by atoms with E-state index in [-0.39, 0.29) is 5.75 Å². The maximum absolute atomic E-state index is 9.10. The number of hydrogen-bond acceptors (Lipinski definition) is 1. The Morgan fingerprint density at radius 3 is 2.70 bits per heavy atom. The van der Waals surface area contributed by atoms with Crippen LogP contribution in [0.1, 0.15) is 5.56 Å². The monoisotopic (exact) mass is 268 g/mol.